The molecular weight excluding hydrogens is 376 g/mol. The van der Waals surface area contributed by atoms with E-state index in [1.807, 2.05) is 51.1 Å². The molecule has 154 valence electrons. The van der Waals surface area contributed by atoms with Crippen LogP contribution in [0.3, 0.4) is 0 Å². The number of rotatable bonds is 7. The van der Waals surface area contributed by atoms with Gasteiger partial charge in [0.1, 0.15) is 0 Å². The van der Waals surface area contributed by atoms with E-state index in [4.69, 9.17) is 4.74 Å². The summed E-state index contributed by atoms with van der Waals surface area (Å²) < 4.78 is 10.0. The fraction of sp³-hybridized carbons (Fsp3) is 0.333. The average Bonchev–Trinajstić information content (AvgIpc) is 2.69. The Kier molecular flexibility index (Phi) is 6.93. The molecule has 8 nitrogen and oxygen atoms in total. The lowest BCUT2D eigenvalue weighted by Gasteiger charge is -2.35. The highest BCUT2D eigenvalue weighted by molar-refractivity contribution is 5.90. The normalized spacial score (nSPS) is 10.9. The molecule has 29 heavy (non-hydrogen) atoms. The van der Waals surface area contributed by atoms with Crippen molar-refractivity contribution in [2.24, 2.45) is 0 Å². The number of methoxy groups -OCH3 is 1. The van der Waals surface area contributed by atoms with Gasteiger partial charge in [0.25, 0.3) is 5.91 Å². The van der Waals surface area contributed by atoms with Gasteiger partial charge in [-0.2, -0.15) is 0 Å². The molecule has 0 unspecified atom stereocenters. The molecule has 0 aromatic heterocycles. The maximum atomic E-state index is 12.8. The molecule has 0 saturated heterocycles. The summed E-state index contributed by atoms with van der Waals surface area (Å²) in [4.78, 5) is 36.7. The summed E-state index contributed by atoms with van der Waals surface area (Å²) in [6, 6.07) is 13.2. The SMILES string of the molecule is COC(=O)c1ccc(OCC(=O)N(Cc2ccccc2)C(C)(C)C)c([N+](=O)[O-])c1. The second-order valence-corrected chi connectivity index (χ2v) is 7.36. The zero-order valence-electron chi connectivity index (χ0n) is 16.9. The molecule has 0 fully saturated rings. The standard InChI is InChI=1S/C21H24N2O6/c1-21(2,3)22(13-15-8-6-5-7-9-15)19(24)14-29-18-11-10-16(20(25)28-4)12-17(18)23(26)27/h5-12H,13-14H2,1-4H3. The van der Waals surface area contributed by atoms with Crippen LogP contribution >= 0.6 is 0 Å². The van der Waals surface area contributed by atoms with Crippen LogP contribution < -0.4 is 4.74 Å². The zero-order chi connectivity index (χ0) is 21.6. The Morgan fingerprint density at radius 1 is 1.10 bits per heavy atom. The van der Waals surface area contributed by atoms with Crippen molar-refractivity contribution in [1.29, 1.82) is 0 Å². The van der Waals surface area contributed by atoms with Gasteiger partial charge in [-0.3, -0.25) is 14.9 Å². The molecule has 0 aliphatic heterocycles. The molecule has 2 rings (SSSR count). The maximum absolute atomic E-state index is 12.8. The van der Waals surface area contributed by atoms with Gasteiger partial charge in [0.15, 0.2) is 12.4 Å². The number of nitro benzene ring substituents is 1. The molecule has 0 aliphatic carbocycles. The summed E-state index contributed by atoms with van der Waals surface area (Å²) in [7, 11) is 1.19. The average molecular weight is 400 g/mol. The van der Waals surface area contributed by atoms with Crippen molar-refractivity contribution < 1.29 is 24.0 Å². The van der Waals surface area contributed by atoms with Crippen LogP contribution in [-0.4, -0.2) is 41.0 Å². The predicted molar refractivity (Wildman–Crippen MR) is 107 cm³/mol. The van der Waals surface area contributed by atoms with Crippen LogP contribution in [0.4, 0.5) is 5.69 Å². The fourth-order valence-electron chi connectivity index (χ4n) is 2.71. The third kappa shape index (κ3) is 5.78. The Balaban J connectivity index is 2.18. The Hall–Kier alpha value is -3.42. The van der Waals surface area contributed by atoms with Gasteiger partial charge in [-0.05, 0) is 38.5 Å². The van der Waals surface area contributed by atoms with Gasteiger partial charge in [-0.1, -0.05) is 30.3 Å². The minimum atomic E-state index is -0.697. The number of nitrogens with zero attached hydrogens (tertiary/aromatic N) is 2. The molecule has 2 aromatic rings. The number of nitro groups is 1. The van der Waals surface area contributed by atoms with E-state index in [-0.39, 0.29) is 23.8 Å². The Bertz CT molecular complexity index is 890. The van der Waals surface area contributed by atoms with Crippen molar-refractivity contribution in [1.82, 2.24) is 4.90 Å². The first-order valence-corrected chi connectivity index (χ1v) is 8.97. The van der Waals surface area contributed by atoms with Crippen molar-refractivity contribution in [3.63, 3.8) is 0 Å². The van der Waals surface area contributed by atoms with Crippen molar-refractivity contribution in [3.8, 4) is 5.75 Å². The number of esters is 1. The van der Waals surface area contributed by atoms with E-state index in [2.05, 4.69) is 4.74 Å². The Morgan fingerprint density at radius 3 is 2.31 bits per heavy atom. The molecular formula is C21H24N2O6. The van der Waals surface area contributed by atoms with Crippen LogP contribution in [0.2, 0.25) is 0 Å². The highest BCUT2D eigenvalue weighted by Crippen LogP contribution is 2.28. The van der Waals surface area contributed by atoms with Crippen LogP contribution in [-0.2, 0) is 16.1 Å². The number of carbonyl (C=O) groups is 2. The van der Waals surface area contributed by atoms with Crippen LogP contribution in [0, 0.1) is 10.1 Å². The van der Waals surface area contributed by atoms with E-state index < -0.39 is 22.1 Å². The van der Waals surface area contributed by atoms with E-state index in [0.717, 1.165) is 11.6 Å². The number of hydrogen-bond acceptors (Lipinski definition) is 6. The minimum absolute atomic E-state index is 0.0262. The molecule has 1 amide bonds. The molecule has 0 atom stereocenters. The molecule has 0 heterocycles. The summed E-state index contributed by atoms with van der Waals surface area (Å²) in [5, 5.41) is 11.3. The van der Waals surface area contributed by atoms with Crippen LogP contribution in [0.1, 0.15) is 36.7 Å². The van der Waals surface area contributed by atoms with Gasteiger partial charge in [-0.15, -0.1) is 0 Å². The first-order chi connectivity index (χ1) is 13.6. The number of carbonyl (C=O) groups excluding carboxylic acids is 2. The van der Waals surface area contributed by atoms with Gasteiger partial charge >= 0.3 is 11.7 Å². The van der Waals surface area contributed by atoms with E-state index in [9.17, 15) is 19.7 Å². The summed E-state index contributed by atoms with van der Waals surface area (Å²) in [5.74, 6) is -1.10. The van der Waals surface area contributed by atoms with E-state index in [1.165, 1.54) is 19.2 Å². The van der Waals surface area contributed by atoms with Gasteiger partial charge in [0.2, 0.25) is 0 Å². The molecule has 0 radical (unpaired) electrons. The van der Waals surface area contributed by atoms with Crippen LogP contribution in [0.25, 0.3) is 0 Å². The zero-order valence-corrected chi connectivity index (χ0v) is 16.9. The number of hydrogen-bond donors (Lipinski definition) is 0. The first-order valence-electron chi connectivity index (χ1n) is 8.97. The summed E-state index contributed by atoms with van der Waals surface area (Å²) in [6.45, 7) is 5.72. The highest BCUT2D eigenvalue weighted by atomic mass is 16.6. The second kappa shape index (κ2) is 9.18. The lowest BCUT2D eigenvalue weighted by Crippen LogP contribution is -2.47. The van der Waals surface area contributed by atoms with Crippen molar-refractivity contribution in [2.75, 3.05) is 13.7 Å². The molecule has 0 saturated carbocycles. The van der Waals surface area contributed by atoms with Gasteiger partial charge in [0.05, 0.1) is 17.6 Å². The molecule has 0 aliphatic rings. The van der Waals surface area contributed by atoms with E-state index in [0.29, 0.717) is 6.54 Å². The van der Waals surface area contributed by atoms with Crippen molar-refractivity contribution in [3.05, 3.63) is 69.8 Å². The second-order valence-electron chi connectivity index (χ2n) is 7.36. The lowest BCUT2D eigenvalue weighted by atomic mass is 10.0. The predicted octanol–water partition coefficient (Wildman–Crippen LogP) is 3.59. The Labute approximate surface area is 169 Å². The topological polar surface area (TPSA) is 99.0 Å². The molecule has 0 spiro atoms. The van der Waals surface area contributed by atoms with Gasteiger partial charge < -0.3 is 14.4 Å². The largest absolute Gasteiger partial charge is 0.477 e. The van der Waals surface area contributed by atoms with Crippen LogP contribution in [0.5, 0.6) is 5.75 Å². The van der Waals surface area contributed by atoms with E-state index in [1.54, 1.807) is 4.90 Å². The van der Waals surface area contributed by atoms with Gasteiger partial charge in [0, 0.05) is 18.2 Å². The summed E-state index contributed by atoms with van der Waals surface area (Å²) in [5.41, 5.74) is 0.102. The highest BCUT2D eigenvalue weighted by Gasteiger charge is 2.28. The monoisotopic (exact) mass is 400 g/mol. The Morgan fingerprint density at radius 2 is 1.76 bits per heavy atom. The lowest BCUT2D eigenvalue weighted by molar-refractivity contribution is -0.385. The first kappa shape index (κ1) is 21.9. The maximum Gasteiger partial charge on any atom is 0.338 e. The summed E-state index contributed by atoms with van der Waals surface area (Å²) >= 11 is 0. The summed E-state index contributed by atoms with van der Waals surface area (Å²) in [6.07, 6.45) is 0. The fourth-order valence-corrected chi connectivity index (χ4v) is 2.71. The smallest absolute Gasteiger partial charge is 0.338 e. The van der Waals surface area contributed by atoms with Crippen molar-refractivity contribution in [2.45, 2.75) is 32.9 Å². The third-order valence-electron chi connectivity index (χ3n) is 4.22. The number of ether oxygens (including phenoxy) is 2. The van der Waals surface area contributed by atoms with E-state index >= 15 is 0 Å². The number of benzene rings is 2. The van der Waals surface area contributed by atoms with Crippen LogP contribution in [0.15, 0.2) is 48.5 Å². The van der Waals surface area contributed by atoms with Gasteiger partial charge in [-0.25, -0.2) is 4.79 Å². The van der Waals surface area contributed by atoms with Crippen molar-refractivity contribution >= 4 is 17.6 Å². The molecule has 2 aromatic carbocycles. The minimum Gasteiger partial charge on any atom is -0.477 e. The molecule has 0 bridgehead atoms. The quantitative estimate of drug-likeness (QED) is 0.400. The number of amides is 1. The molecule has 8 heteroatoms. The molecule has 0 N–H and O–H groups in total. The third-order valence-corrected chi connectivity index (χ3v) is 4.22.